The third-order valence-electron chi connectivity index (χ3n) is 2.17. The number of alkyl halides is 1. The minimum atomic E-state index is -0.211. The third kappa shape index (κ3) is 2.10. The van der Waals surface area contributed by atoms with E-state index >= 15 is 0 Å². The minimum Gasteiger partial charge on any atom is -0.333 e. The Balaban J connectivity index is 2.35. The minimum absolute atomic E-state index is 0.211. The van der Waals surface area contributed by atoms with E-state index in [9.17, 15) is 0 Å². The van der Waals surface area contributed by atoms with Gasteiger partial charge in [0.05, 0.1) is 10.4 Å². The molecule has 0 radical (unpaired) electrons. The van der Waals surface area contributed by atoms with E-state index in [-0.39, 0.29) is 5.38 Å². The molecular formula is C10H10Cl2N2OS. The molecule has 0 N–H and O–H groups in total. The van der Waals surface area contributed by atoms with Crippen molar-refractivity contribution in [3.8, 4) is 10.8 Å². The predicted molar refractivity (Wildman–Crippen MR) is 66.2 cm³/mol. The van der Waals surface area contributed by atoms with Gasteiger partial charge in [0.1, 0.15) is 4.88 Å². The molecule has 0 aliphatic carbocycles. The van der Waals surface area contributed by atoms with Gasteiger partial charge in [0, 0.05) is 0 Å². The van der Waals surface area contributed by atoms with E-state index in [1.807, 2.05) is 19.2 Å². The van der Waals surface area contributed by atoms with Crippen LogP contribution in [0.25, 0.3) is 10.8 Å². The standard InChI is InChI=1S/C10H10Cl2N2OS/c1-3-6(11)9-13-10(15-14-9)8-7(12)5(2)4-16-8/h4,6H,3H2,1-2H3. The molecule has 1 atom stereocenters. The van der Waals surface area contributed by atoms with Crippen LogP contribution in [0.4, 0.5) is 0 Å². The Morgan fingerprint density at radius 3 is 2.88 bits per heavy atom. The van der Waals surface area contributed by atoms with Gasteiger partial charge in [-0.05, 0) is 24.3 Å². The van der Waals surface area contributed by atoms with Crippen LogP contribution in [-0.4, -0.2) is 10.1 Å². The summed E-state index contributed by atoms with van der Waals surface area (Å²) in [6.07, 6.45) is 0.762. The summed E-state index contributed by atoms with van der Waals surface area (Å²) >= 11 is 13.6. The average Bonchev–Trinajstić information content (AvgIpc) is 2.87. The molecule has 0 fully saturated rings. The van der Waals surface area contributed by atoms with Gasteiger partial charge in [0.2, 0.25) is 0 Å². The molecule has 0 aliphatic rings. The number of nitrogens with zero attached hydrogens (tertiary/aromatic N) is 2. The second-order valence-electron chi connectivity index (χ2n) is 3.40. The molecule has 2 heterocycles. The van der Waals surface area contributed by atoms with Crippen molar-refractivity contribution in [2.45, 2.75) is 25.6 Å². The Kier molecular flexibility index (Phi) is 3.52. The lowest BCUT2D eigenvalue weighted by Gasteiger charge is -1.96. The van der Waals surface area contributed by atoms with Gasteiger partial charge in [0.25, 0.3) is 5.89 Å². The summed E-state index contributed by atoms with van der Waals surface area (Å²) in [5.41, 5.74) is 1.01. The molecule has 0 aliphatic heterocycles. The Morgan fingerprint density at radius 2 is 2.31 bits per heavy atom. The summed E-state index contributed by atoms with van der Waals surface area (Å²) in [6.45, 7) is 3.91. The van der Waals surface area contributed by atoms with Crippen molar-refractivity contribution in [2.75, 3.05) is 0 Å². The summed E-state index contributed by atoms with van der Waals surface area (Å²) in [4.78, 5) is 5.05. The van der Waals surface area contributed by atoms with Crippen LogP contribution in [0.5, 0.6) is 0 Å². The summed E-state index contributed by atoms with van der Waals surface area (Å²) in [6, 6.07) is 0. The van der Waals surface area contributed by atoms with E-state index in [0.717, 1.165) is 16.9 Å². The van der Waals surface area contributed by atoms with Crippen molar-refractivity contribution in [2.24, 2.45) is 0 Å². The fourth-order valence-electron chi connectivity index (χ4n) is 1.21. The normalized spacial score (nSPS) is 13.0. The Hall–Kier alpha value is -0.580. The first-order valence-electron chi connectivity index (χ1n) is 4.85. The van der Waals surface area contributed by atoms with Crippen LogP contribution in [0.1, 0.15) is 30.1 Å². The molecule has 0 saturated carbocycles. The number of aryl methyl sites for hydroxylation is 1. The second kappa shape index (κ2) is 4.73. The zero-order valence-electron chi connectivity index (χ0n) is 8.83. The van der Waals surface area contributed by atoms with Gasteiger partial charge < -0.3 is 4.52 Å². The van der Waals surface area contributed by atoms with Crippen LogP contribution in [0.2, 0.25) is 5.02 Å². The zero-order chi connectivity index (χ0) is 11.7. The molecule has 3 nitrogen and oxygen atoms in total. The molecule has 86 valence electrons. The topological polar surface area (TPSA) is 38.9 Å². The number of hydrogen-bond acceptors (Lipinski definition) is 4. The van der Waals surface area contributed by atoms with E-state index in [1.54, 1.807) is 0 Å². The van der Waals surface area contributed by atoms with Crippen molar-refractivity contribution >= 4 is 34.5 Å². The summed E-state index contributed by atoms with van der Waals surface area (Å²) < 4.78 is 5.15. The average molecular weight is 277 g/mol. The first kappa shape index (κ1) is 11.9. The van der Waals surface area contributed by atoms with Crippen LogP contribution >= 0.6 is 34.5 Å². The van der Waals surface area contributed by atoms with Crippen molar-refractivity contribution in [1.82, 2.24) is 10.1 Å². The largest absolute Gasteiger partial charge is 0.333 e. The molecule has 0 aromatic carbocycles. The molecule has 0 bridgehead atoms. The van der Waals surface area contributed by atoms with Crippen LogP contribution in [0, 0.1) is 6.92 Å². The second-order valence-corrected chi connectivity index (χ2v) is 5.18. The molecule has 1 unspecified atom stereocenters. The van der Waals surface area contributed by atoms with E-state index in [4.69, 9.17) is 27.7 Å². The summed E-state index contributed by atoms with van der Waals surface area (Å²) in [5.74, 6) is 0.957. The van der Waals surface area contributed by atoms with Gasteiger partial charge in [-0.1, -0.05) is 23.7 Å². The number of aromatic nitrogens is 2. The van der Waals surface area contributed by atoms with Crippen molar-refractivity contribution in [3.05, 3.63) is 21.8 Å². The van der Waals surface area contributed by atoms with Crippen molar-refractivity contribution in [3.63, 3.8) is 0 Å². The maximum Gasteiger partial charge on any atom is 0.269 e. The monoisotopic (exact) mass is 276 g/mol. The number of halogens is 2. The van der Waals surface area contributed by atoms with Crippen LogP contribution in [0.3, 0.4) is 0 Å². The molecule has 2 aromatic rings. The molecule has 16 heavy (non-hydrogen) atoms. The SMILES string of the molecule is CCC(Cl)c1noc(-c2scc(C)c2Cl)n1. The number of hydrogen-bond donors (Lipinski definition) is 0. The Labute approximate surface area is 107 Å². The number of thiophene rings is 1. The van der Waals surface area contributed by atoms with Gasteiger partial charge in [-0.25, -0.2) is 0 Å². The van der Waals surface area contributed by atoms with E-state index in [2.05, 4.69) is 10.1 Å². The smallest absolute Gasteiger partial charge is 0.269 e. The van der Waals surface area contributed by atoms with Crippen LogP contribution < -0.4 is 0 Å². The fourth-order valence-corrected chi connectivity index (χ4v) is 2.49. The highest BCUT2D eigenvalue weighted by Crippen LogP contribution is 2.36. The zero-order valence-corrected chi connectivity index (χ0v) is 11.2. The predicted octanol–water partition coefficient (Wildman–Crippen LogP) is 4.45. The highest BCUT2D eigenvalue weighted by atomic mass is 35.5. The van der Waals surface area contributed by atoms with Gasteiger partial charge in [-0.3, -0.25) is 0 Å². The van der Waals surface area contributed by atoms with Crippen LogP contribution in [-0.2, 0) is 0 Å². The maximum atomic E-state index is 6.12. The summed E-state index contributed by atoms with van der Waals surface area (Å²) in [5, 5.41) is 6.26. The maximum absolute atomic E-state index is 6.12. The lowest BCUT2D eigenvalue weighted by Crippen LogP contribution is -1.90. The molecule has 2 rings (SSSR count). The first-order chi connectivity index (χ1) is 7.63. The van der Waals surface area contributed by atoms with Crippen LogP contribution in [0.15, 0.2) is 9.90 Å². The quantitative estimate of drug-likeness (QED) is 0.778. The highest BCUT2D eigenvalue weighted by molar-refractivity contribution is 7.14. The lowest BCUT2D eigenvalue weighted by atomic mass is 10.3. The lowest BCUT2D eigenvalue weighted by molar-refractivity contribution is 0.422. The molecule has 6 heteroatoms. The molecule has 0 saturated heterocycles. The Bertz CT molecular complexity index is 495. The van der Waals surface area contributed by atoms with E-state index in [1.165, 1.54) is 11.3 Å². The van der Waals surface area contributed by atoms with Gasteiger partial charge in [-0.2, -0.15) is 4.98 Å². The molecule has 0 amide bonds. The van der Waals surface area contributed by atoms with E-state index < -0.39 is 0 Å². The van der Waals surface area contributed by atoms with Crippen molar-refractivity contribution in [1.29, 1.82) is 0 Å². The highest BCUT2D eigenvalue weighted by Gasteiger charge is 2.18. The van der Waals surface area contributed by atoms with Gasteiger partial charge in [0.15, 0.2) is 5.82 Å². The van der Waals surface area contributed by atoms with Gasteiger partial charge >= 0.3 is 0 Å². The molecule has 0 spiro atoms. The Morgan fingerprint density at radius 1 is 1.56 bits per heavy atom. The van der Waals surface area contributed by atoms with E-state index in [0.29, 0.717) is 16.7 Å². The first-order valence-corrected chi connectivity index (χ1v) is 6.54. The molecule has 2 aromatic heterocycles. The van der Waals surface area contributed by atoms with Crippen molar-refractivity contribution < 1.29 is 4.52 Å². The number of rotatable bonds is 3. The van der Waals surface area contributed by atoms with Gasteiger partial charge in [-0.15, -0.1) is 22.9 Å². The molecular weight excluding hydrogens is 267 g/mol. The summed E-state index contributed by atoms with van der Waals surface area (Å²) in [7, 11) is 0. The fraction of sp³-hybridized carbons (Fsp3) is 0.400. The third-order valence-corrected chi connectivity index (χ3v) is 4.36.